The van der Waals surface area contributed by atoms with Crippen LogP contribution >= 0.6 is 0 Å². The molecule has 5 nitrogen and oxygen atoms in total. The van der Waals surface area contributed by atoms with E-state index in [9.17, 15) is 9.59 Å². The van der Waals surface area contributed by atoms with Crippen LogP contribution in [0.1, 0.15) is 29.5 Å². The molecule has 21 heavy (non-hydrogen) atoms. The van der Waals surface area contributed by atoms with Crippen LogP contribution < -0.4 is 5.32 Å². The van der Waals surface area contributed by atoms with Gasteiger partial charge in [-0.05, 0) is 24.1 Å². The van der Waals surface area contributed by atoms with Gasteiger partial charge in [0, 0.05) is 6.54 Å². The lowest BCUT2D eigenvalue weighted by molar-refractivity contribution is -0.130. The highest BCUT2D eigenvalue weighted by Crippen LogP contribution is 2.07. The predicted octanol–water partition coefficient (Wildman–Crippen LogP) is 2.53. The average molecular weight is 287 g/mol. The molecule has 0 aliphatic carbocycles. The first-order valence-corrected chi connectivity index (χ1v) is 6.77. The minimum absolute atomic E-state index is 0.0873. The minimum atomic E-state index is -0.827. The molecule has 0 aliphatic heterocycles. The Morgan fingerprint density at radius 3 is 2.57 bits per heavy atom. The van der Waals surface area contributed by atoms with Crippen molar-refractivity contribution in [1.82, 2.24) is 5.32 Å². The molecule has 110 valence electrons. The van der Waals surface area contributed by atoms with E-state index in [0.717, 1.165) is 5.56 Å². The molecule has 1 N–H and O–H groups in total. The van der Waals surface area contributed by atoms with E-state index in [1.807, 2.05) is 30.3 Å². The lowest BCUT2D eigenvalue weighted by Gasteiger charge is -2.15. The molecule has 0 saturated heterocycles. The molecule has 1 aromatic heterocycles. The van der Waals surface area contributed by atoms with E-state index in [1.165, 1.54) is 12.3 Å². The first-order chi connectivity index (χ1) is 10.2. The summed E-state index contributed by atoms with van der Waals surface area (Å²) in [6, 6.07) is 12.6. The van der Waals surface area contributed by atoms with Gasteiger partial charge in [-0.3, -0.25) is 4.79 Å². The van der Waals surface area contributed by atoms with Gasteiger partial charge in [0.2, 0.25) is 5.76 Å². The summed E-state index contributed by atoms with van der Waals surface area (Å²) in [5, 5.41) is 2.75. The Morgan fingerprint density at radius 2 is 1.95 bits per heavy atom. The van der Waals surface area contributed by atoms with Crippen molar-refractivity contribution in [3.63, 3.8) is 0 Å². The number of furan rings is 1. The minimum Gasteiger partial charge on any atom is -0.457 e. The van der Waals surface area contributed by atoms with Gasteiger partial charge in [-0.25, -0.2) is 4.79 Å². The topological polar surface area (TPSA) is 68.5 Å². The van der Waals surface area contributed by atoms with E-state index in [4.69, 9.17) is 9.15 Å². The number of amides is 1. The van der Waals surface area contributed by atoms with Gasteiger partial charge in [0.1, 0.15) is 0 Å². The molecular formula is C16H17NO4. The molecule has 0 unspecified atom stereocenters. The van der Waals surface area contributed by atoms with Gasteiger partial charge in [0.05, 0.1) is 6.26 Å². The fourth-order valence-corrected chi connectivity index (χ4v) is 1.80. The number of carbonyl (C=O) groups excluding carboxylic acids is 2. The normalized spacial score (nSPS) is 11.7. The van der Waals surface area contributed by atoms with Crippen LogP contribution in [-0.2, 0) is 16.1 Å². The SMILES string of the molecule is CC[C@H](OC(=O)c1ccco1)C(=O)NCc1ccccc1. The van der Waals surface area contributed by atoms with E-state index >= 15 is 0 Å². The van der Waals surface area contributed by atoms with Crippen molar-refractivity contribution in [3.8, 4) is 0 Å². The number of ether oxygens (including phenoxy) is 1. The molecule has 0 bridgehead atoms. The van der Waals surface area contributed by atoms with E-state index in [0.29, 0.717) is 13.0 Å². The van der Waals surface area contributed by atoms with Gasteiger partial charge in [-0.1, -0.05) is 37.3 Å². The monoisotopic (exact) mass is 287 g/mol. The van der Waals surface area contributed by atoms with E-state index < -0.39 is 12.1 Å². The van der Waals surface area contributed by atoms with E-state index in [2.05, 4.69) is 5.32 Å². The Morgan fingerprint density at radius 1 is 1.19 bits per heavy atom. The van der Waals surface area contributed by atoms with Crippen LogP contribution in [0.4, 0.5) is 0 Å². The fourth-order valence-electron chi connectivity index (χ4n) is 1.80. The third-order valence-corrected chi connectivity index (χ3v) is 2.94. The number of esters is 1. The zero-order valence-corrected chi connectivity index (χ0v) is 11.7. The van der Waals surface area contributed by atoms with E-state index in [-0.39, 0.29) is 11.7 Å². The summed E-state index contributed by atoms with van der Waals surface area (Å²) in [5.74, 6) is -0.868. The number of benzene rings is 1. The molecule has 2 rings (SSSR count). The summed E-state index contributed by atoms with van der Waals surface area (Å²) in [6.45, 7) is 2.18. The molecule has 0 fully saturated rings. The molecule has 2 aromatic rings. The van der Waals surface area contributed by atoms with Crippen LogP contribution in [0, 0.1) is 0 Å². The lowest BCUT2D eigenvalue weighted by atomic mass is 10.2. The van der Waals surface area contributed by atoms with Crippen LogP contribution in [0.5, 0.6) is 0 Å². The van der Waals surface area contributed by atoms with Crippen LogP contribution in [-0.4, -0.2) is 18.0 Å². The van der Waals surface area contributed by atoms with Gasteiger partial charge in [0.25, 0.3) is 5.91 Å². The summed E-state index contributed by atoms with van der Waals surface area (Å²) in [7, 11) is 0. The third kappa shape index (κ3) is 4.21. The number of hydrogen-bond acceptors (Lipinski definition) is 4. The largest absolute Gasteiger partial charge is 0.457 e. The molecule has 0 radical (unpaired) electrons. The highest BCUT2D eigenvalue weighted by atomic mass is 16.6. The van der Waals surface area contributed by atoms with Crippen LogP contribution in [0.15, 0.2) is 53.1 Å². The summed E-state index contributed by atoms with van der Waals surface area (Å²) in [4.78, 5) is 23.8. The van der Waals surface area contributed by atoms with Gasteiger partial charge in [-0.2, -0.15) is 0 Å². The lowest BCUT2D eigenvalue weighted by Crippen LogP contribution is -2.37. The number of nitrogens with one attached hydrogen (secondary N) is 1. The van der Waals surface area contributed by atoms with Crippen LogP contribution in [0.2, 0.25) is 0 Å². The Labute approximate surface area is 122 Å². The molecule has 1 heterocycles. The van der Waals surface area contributed by atoms with Gasteiger partial charge < -0.3 is 14.5 Å². The molecule has 1 atom stereocenters. The van der Waals surface area contributed by atoms with Crippen molar-refractivity contribution in [1.29, 1.82) is 0 Å². The van der Waals surface area contributed by atoms with Crippen LogP contribution in [0.25, 0.3) is 0 Å². The standard InChI is InChI=1S/C16H17NO4/c1-2-13(21-16(19)14-9-6-10-20-14)15(18)17-11-12-7-4-3-5-8-12/h3-10,13H,2,11H2,1H3,(H,17,18)/t13-/m0/s1. The quantitative estimate of drug-likeness (QED) is 0.829. The number of carbonyl (C=O) groups is 2. The summed E-state index contributed by atoms with van der Waals surface area (Å²) in [5.41, 5.74) is 0.984. The average Bonchev–Trinajstić information content (AvgIpc) is 3.05. The Bertz CT molecular complexity index is 578. The van der Waals surface area contributed by atoms with Crippen molar-refractivity contribution in [2.24, 2.45) is 0 Å². The maximum atomic E-state index is 12.0. The first kappa shape index (κ1) is 14.8. The summed E-state index contributed by atoms with van der Waals surface area (Å²) < 4.78 is 10.1. The van der Waals surface area contributed by atoms with Crippen molar-refractivity contribution >= 4 is 11.9 Å². The Balaban J connectivity index is 1.88. The zero-order chi connectivity index (χ0) is 15.1. The maximum absolute atomic E-state index is 12.0. The number of rotatable bonds is 6. The van der Waals surface area contributed by atoms with Crippen molar-refractivity contribution < 1.29 is 18.7 Å². The first-order valence-electron chi connectivity index (χ1n) is 6.77. The summed E-state index contributed by atoms with van der Waals surface area (Å²) in [6.07, 6.45) is 0.950. The second kappa shape index (κ2) is 7.28. The molecule has 0 spiro atoms. The zero-order valence-electron chi connectivity index (χ0n) is 11.7. The van der Waals surface area contributed by atoms with Crippen molar-refractivity contribution in [2.75, 3.05) is 0 Å². The molecule has 0 saturated carbocycles. The van der Waals surface area contributed by atoms with E-state index in [1.54, 1.807) is 13.0 Å². The summed E-state index contributed by atoms with van der Waals surface area (Å²) >= 11 is 0. The smallest absolute Gasteiger partial charge is 0.374 e. The predicted molar refractivity (Wildman–Crippen MR) is 76.5 cm³/mol. The highest BCUT2D eigenvalue weighted by Gasteiger charge is 2.22. The van der Waals surface area contributed by atoms with Gasteiger partial charge in [0.15, 0.2) is 6.10 Å². The van der Waals surface area contributed by atoms with Crippen LogP contribution in [0.3, 0.4) is 0 Å². The Kier molecular flexibility index (Phi) is 5.15. The third-order valence-electron chi connectivity index (χ3n) is 2.94. The van der Waals surface area contributed by atoms with Crippen molar-refractivity contribution in [3.05, 3.63) is 60.1 Å². The fraction of sp³-hybridized carbons (Fsp3) is 0.250. The second-order valence-corrected chi connectivity index (χ2v) is 4.48. The molecule has 0 aliphatic rings. The Hall–Kier alpha value is -2.56. The highest BCUT2D eigenvalue weighted by molar-refractivity contribution is 5.90. The molecule has 1 amide bonds. The van der Waals surface area contributed by atoms with Crippen molar-refractivity contribution in [2.45, 2.75) is 26.0 Å². The number of hydrogen-bond donors (Lipinski definition) is 1. The second-order valence-electron chi connectivity index (χ2n) is 4.48. The molecule has 5 heteroatoms. The maximum Gasteiger partial charge on any atom is 0.374 e. The molecule has 1 aromatic carbocycles. The van der Waals surface area contributed by atoms with Gasteiger partial charge in [-0.15, -0.1) is 0 Å². The van der Waals surface area contributed by atoms with Gasteiger partial charge >= 0.3 is 5.97 Å². The molecular weight excluding hydrogens is 270 g/mol.